The molecule has 4 nitrogen and oxygen atoms in total. The van der Waals surface area contributed by atoms with Crippen LogP contribution in [0.3, 0.4) is 0 Å². The van der Waals surface area contributed by atoms with E-state index in [4.69, 9.17) is 27.9 Å². The monoisotopic (exact) mass is 487 g/mol. The van der Waals surface area contributed by atoms with Crippen LogP contribution in [0.4, 0.5) is 0 Å². The Kier molecular flexibility index (Phi) is 6.07. The molecular weight excluding hydrogens is 457 g/mol. The van der Waals surface area contributed by atoms with Gasteiger partial charge in [0.25, 0.3) is 0 Å². The molecule has 0 bridgehead atoms. The molecule has 0 N–H and O–H groups in total. The molecule has 0 aromatic heterocycles. The first-order valence-electron chi connectivity index (χ1n) is 11.3. The van der Waals surface area contributed by atoms with Gasteiger partial charge in [-0.15, -0.1) is 0 Å². The molecule has 33 heavy (non-hydrogen) atoms. The maximum absolute atomic E-state index is 13.6. The number of nitrogens with zero attached hydrogens (tertiary/aromatic N) is 1. The molecule has 1 aromatic rings. The van der Waals surface area contributed by atoms with Crippen LogP contribution in [0.25, 0.3) is 0 Å². The highest BCUT2D eigenvalue weighted by Crippen LogP contribution is 2.55. The molecule has 0 unspecified atom stereocenters. The SMILES string of the molecule is C=CCOc1c(Cl)cc(Cl)cc1C1C2=C(CC(C)(C)CC2=O)N(C)C2=C1C(=O)CC(C)(C)C2. The van der Waals surface area contributed by atoms with E-state index in [0.717, 1.165) is 24.2 Å². The van der Waals surface area contributed by atoms with Gasteiger partial charge in [0, 0.05) is 58.9 Å². The van der Waals surface area contributed by atoms with E-state index in [9.17, 15) is 9.59 Å². The number of rotatable bonds is 4. The molecule has 1 aliphatic heterocycles. The highest BCUT2D eigenvalue weighted by Gasteiger charge is 2.49. The van der Waals surface area contributed by atoms with E-state index in [1.54, 1.807) is 18.2 Å². The molecule has 2 aliphatic carbocycles. The van der Waals surface area contributed by atoms with Gasteiger partial charge in [0.1, 0.15) is 12.4 Å². The van der Waals surface area contributed by atoms with E-state index in [1.807, 2.05) is 7.05 Å². The lowest BCUT2D eigenvalue weighted by molar-refractivity contribution is -0.119. The van der Waals surface area contributed by atoms with Gasteiger partial charge in [0.2, 0.25) is 0 Å². The molecule has 0 amide bonds. The molecule has 0 radical (unpaired) electrons. The van der Waals surface area contributed by atoms with Crippen LogP contribution in [0, 0.1) is 10.8 Å². The van der Waals surface area contributed by atoms with Gasteiger partial charge in [0.05, 0.1) is 5.02 Å². The van der Waals surface area contributed by atoms with E-state index in [-0.39, 0.29) is 29.0 Å². The first-order chi connectivity index (χ1) is 15.3. The second kappa shape index (κ2) is 8.32. The van der Waals surface area contributed by atoms with Crippen molar-refractivity contribution in [2.45, 2.75) is 59.3 Å². The van der Waals surface area contributed by atoms with Gasteiger partial charge in [-0.05, 0) is 35.8 Å². The van der Waals surface area contributed by atoms with Gasteiger partial charge in [-0.25, -0.2) is 0 Å². The Hall–Kier alpha value is -2.04. The summed E-state index contributed by atoms with van der Waals surface area (Å²) in [4.78, 5) is 29.4. The predicted molar refractivity (Wildman–Crippen MR) is 133 cm³/mol. The van der Waals surface area contributed by atoms with Crippen molar-refractivity contribution in [1.82, 2.24) is 4.90 Å². The molecule has 4 rings (SSSR count). The van der Waals surface area contributed by atoms with Crippen molar-refractivity contribution in [2.75, 3.05) is 13.7 Å². The summed E-state index contributed by atoms with van der Waals surface area (Å²) in [7, 11) is 1.99. The highest BCUT2D eigenvalue weighted by atomic mass is 35.5. The molecule has 0 saturated carbocycles. The summed E-state index contributed by atoms with van der Waals surface area (Å²) < 4.78 is 5.97. The largest absolute Gasteiger partial charge is 0.488 e. The Labute approximate surface area is 206 Å². The number of hydrogen-bond acceptors (Lipinski definition) is 4. The van der Waals surface area contributed by atoms with Gasteiger partial charge in [-0.3, -0.25) is 9.59 Å². The number of allylic oxidation sites excluding steroid dienone is 4. The van der Waals surface area contributed by atoms with Crippen molar-refractivity contribution in [3.63, 3.8) is 0 Å². The van der Waals surface area contributed by atoms with E-state index in [1.165, 1.54) is 0 Å². The lowest BCUT2D eigenvalue weighted by atomic mass is 9.63. The van der Waals surface area contributed by atoms with Gasteiger partial charge in [-0.2, -0.15) is 0 Å². The molecular formula is C27H31Cl2NO3. The standard InChI is InChI=1S/C27H31Cl2NO3/c1-7-8-33-25-16(9-15(28)10-17(25)29)22-23-18(11-26(2,3)13-20(23)31)30(6)19-12-27(4,5)14-21(32)24(19)22/h7,9-10,22H,1,8,11-14H2,2-6H3. The molecule has 176 valence electrons. The van der Waals surface area contributed by atoms with E-state index < -0.39 is 5.92 Å². The quantitative estimate of drug-likeness (QED) is 0.434. The fourth-order valence-corrected chi connectivity index (χ4v) is 6.13. The van der Waals surface area contributed by atoms with Crippen molar-refractivity contribution >= 4 is 34.8 Å². The van der Waals surface area contributed by atoms with Crippen LogP contribution >= 0.6 is 23.2 Å². The molecule has 0 atom stereocenters. The predicted octanol–water partition coefficient (Wildman–Crippen LogP) is 6.87. The topological polar surface area (TPSA) is 46.6 Å². The zero-order valence-corrected chi connectivity index (χ0v) is 21.5. The van der Waals surface area contributed by atoms with Crippen LogP contribution in [-0.4, -0.2) is 30.1 Å². The molecule has 3 aliphatic rings. The number of Topliss-reactive ketones (excluding diaryl/α,β-unsaturated/α-hetero) is 2. The van der Waals surface area contributed by atoms with Gasteiger partial charge in [0.15, 0.2) is 11.6 Å². The second-order valence-corrected chi connectivity index (χ2v) is 11.8. The molecule has 0 fully saturated rings. The summed E-state index contributed by atoms with van der Waals surface area (Å²) in [5.41, 5.74) is 3.66. The minimum Gasteiger partial charge on any atom is -0.488 e. The lowest BCUT2D eigenvalue weighted by Gasteiger charge is -2.48. The number of benzene rings is 1. The normalized spacial score (nSPS) is 22.3. The number of carbonyl (C=O) groups is 2. The third-order valence-electron chi connectivity index (χ3n) is 6.87. The average Bonchev–Trinajstić information content (AvgIpc) is 2.67. The van der Waals surface area contributed by atoms with Gasteiger partial charge >= 0.3 is 0 Å². The van der Waals surface area contributed by atoms with Gasteiger partial charge < -0.3 is 9.64 Å². The molecule has 1 heterocycles. The maximum Gasteiger partial charge on any atom is 0.162 e. The van der Waals surface area contributed by atoms with Gasteiger partial charge in [-0.1, -0.05) is 63.6 Å². The molecule has 1 aromatic carbocycles. The minimum absolute atomic E-state index is 0.0630. The third kappa shape index (κ3) is 4.28. The third-order valence-corrected chi connectivity index (χ3v) is 7.37. The number of hydrogen-bond donors (Lipinski definition) is 0. The van der Waals surface area contributed by atoms with Crippen molar-refractivity contribution in [3.8, 4) is 5.75 Å². The number of carbonyl (C=O) groups excluding carboxylic acids is 2. The number of halogens is 2. The Morgan fingerprint density at radius 1 is 1.00 bits per heavy atom. The first-order valence-corrected chi connectivity index (χ1v) is 12.1. The van der Waals surface area contributed by atoms with E-state index in [0.29, 0.717) is 45.3 Å². The Balaban J connectivity index is 2.03. The van der Waals surface area contributed by atoms with Crippen molar-refractivity contribution in [1.29, 1.82) is 0 Å². The number of ether oxygens (including phenoxy) is 1. The maximum atomic E-state index is 13.6. The van der Waals surface area contributed by atoms with E-state index in [2.05, 4.69) is 39.2 Å². The Morgan fingerprint density at radius 3 is 2.00 bits per heavy atom. The van der Waals surface area contributed by atoms with Crippen LogP contribution in [0.5, 0.6) is 5.75 Å². The first kappa shape index (κ1) is 24.1. The summed E-state index contributed by atoms with van der Waals surface area (Å²) in [6.45, 7) is 12.5. The average molecular weight is 488 g/mol. The zero-order valence-electron chi connectivity index (χ0n) is 20.0. The lowest BCUT2D eigenvalue weighted by Crippen LogP contribution is -2.43. The fraction of sp³-hybridized carbons (Fsp3) is 0.481. The summed E-state index contributed by atoms with van der Waals surface area (Å²) >= 11 is 13.0. The highest BCUT2D eigenvalue weighted by molar-refractivity contribution is 6.35. The van der Waals surface area contributed by atoms with Crippen LogP contribution in [0.2, 0.25) is 10.0 Å². The van der Waals surface area contributed by atoms with E-state index >= 15 is 0 Å². The molecule has 6 heteroatoms. The van der Waals surface area contributed by atoms with Crippen LogP contribution in [-0.2, 0) is 9.59 Å². The van der Waals surface area contributed by atoms with Crippen molar-refractivity contribution < 1.29 is 14.3 Å². The van der Waals surface area contributed by atoms with Crippen LogP contribution in [0.1, 0.15) is 64.9 Å². The summed E-state index contributed by atoms with van der Waals surface area (Å²) in [5.74, 6) is 0.0278. The minimum atomic E-state index is -0.547. The summed E-state index contributed by atoms with van der Waals surface area (Å²) in [6.07, 6.45) is 4.00. The van der Waals surface area contributed by atoms with Crippen molar-refractivity contribution in [3.05, 3.63) is 62.9 Å². The Morgan fingerprint density at radius 2 is 1.52 bits per heavy atom. The fourth-order valence-electron chi connectivity index (χ4n) is 5.56. The summed E-state index contributed by atoms with van der Waals surface area (Å²) in [6, 6.07) is 3.42. The van der Waals surface area contributed by atoms with Crippen LogP contribution < -0.4 is 4.74 Å². The number of ketones is 2. The van der Waals surface area contributed by atoms with Crippen LogP contribution in [0.15, 0.2) is 47.3 Å². The second-order valence-electron chi connectivity index (χ2n) is 11.0. The summed E-state index contributed by atoms with van der Waals surface area (Å²) in [5, 5.41) is 0.797. The van der Waals surface area contributed by atoms with Crippen molar-refractivity contribution in [2.24, 2.45) is 10.8 Å². The smallest absolute Gasteiger partial charge is 0.162 e. The molecule has 0 spiro atoms. The zero-order chi connectivity index (χ0) is 24.3. The Bertz CT molecular complexity index is 1070. The molecule has 0 saturated heterocycles.